The number of likely N-dealkylation sites (tertiary alicyclic amines) is 1. The van der Waals surface area contributed by atoms with Crippen molar-refractivity contribution < 1.29 is 9.47 Å². The van der Waals surface area contributed by atoms with E-state index in [-0.39, 0.29) is 6.10 Å². The molecule has 0 aromatic heterocycles. The summed E-state index contributed by atoms with van der Waals surface area (Å²) in [4.78, 5) is 2.49. The van der Waals surface area contributed by atoms with Crippen LogP contribution in [0.15, 0.2) is 60.7 Å². The number of piperidine rings is 1. The molecule has 2 atom stereocenters. The van der Waals surface area contributed by atoms with Gasteiger partial charge in [-0.2, -0.15) is 0 Å². The van der Waals surface area contributed by atoms with E-state index >= 15 is 0 Å². The summed E-state index contributed by atoms with van der Waals surface area (Å²) in [6, 6.07) is 20.8. The number of rotatable bonds is 4. The van der Waals surface area contributed by atoms with Gasteiger partial charge in [0.25, 0.3) is 0 Å². The third kappa shape index (κ3) is 3.25. The standard InChI is InChI=1S/C21H25NO2/c1-4-10-18(11-5-1)20-16-23-21(24-20,19-12-6-2-7-13-19)17-22-14-8-3-9-15-22/h1-2,4-7,10-13,20H,3,8-9,14-17H2. The van der Waals surface area contributed by atoms with Crippen LogP contribution in [0.4, 0.5) is 0 Å². The highest BCUT2D eigenvalue weighted by Gasteiger charge is 2.45. The van der Waals surface area contributed by atoms with Crippen LogP contribution in [0.1, 0.15) is 36.5 Å². The van der Waals surface area contributed by atoms with E-state index in [1.54, 1.807) is 0 Å². The quantitative estimate of drug-likeness (QED) is 0.845. The monoisotopic (exact) mass is 323 g/mol. The second-order valence-corrected chi connectivity index (χ2v) is 6.78. The van der Waals surface area contributed by atoms with Crippen LogP contribution in [0.3, 0.4) is 0 Å². The summed E-state index contributed by atoms with van der Waals surface area (Å²) >= 11 is 0. The number of benzene rings is 2. The van der Waals surface area contributed by atoms with E-state index in [1.165, 1.54) is 24.8 Å². The Morgan fingerprint density at radius 3 is 2.25 bits per heavy atom. The molecule has 2 aromatic carbocycles. The zero-order valence-corrected chi connectivity index (χ0v) is 14.1. The van der Waals surface area contributed by atoms with Crippen molar-refractivity contribution in [2.45, 2.75) is 31.2 Å². The van der Waals surface area contributed by atoms with Gasteiger partial charge in [0.05, 0.1) is 13.2 Å². The normalized spacial score (nSPS) is 28.1. The van der Waals surface area contributed by atoms with Crippen LogP contribution >= 0.6 is 0 Å². The molecule has 2 heterocycles. The first-order valence-corrected chi connectivity index (χ1v) is 9.00. The molecular formula is C21H25NO2. The van der Waals surface area contributed by atoms with Gasteiger partial charge < -0.3 is 9.47 Å². The van der Waals surface area contributed by atoms with Crippen LogP contribution in [0, 0.1) is 0 Å². The molecule has 2 aliphatic heterocycles. The molecule has 24 heavy (non-hydrogen) atoms. The highest BCUT2D eigenvalue weighted by molar-refractivity contribution is 5.24. The highest BCUT2D eigenvalue weighted by atomic mass is 16.7. The van der Waals surface area contributed by atoms with E-state index in [0.29, 0.717) is 6.61 Å². The summed E-state index contributed by atoms with van der Waals surface area (Å²) in [6.07, 6.45) is 3.87. The maximum atomic E-state index is 6.56. The smallest absolute Gasteiger partial charge is 0.208 e. The Labute approximate surface area is 144 Å². The largest absolute Gasteiger partial charge is 0.342 e. The zero-order valence-electron chi connectivity index (χ0n) is 14.1. The third-order valence-electron chi connectivity index (χ3n) is 5.07. The molecule has 3 nitrogen and oxygen atoms in total. The van der Waals surface area contributed by atoms with Gasteiger partial charge in [-0.3, -0.25) is 4.90 Å². The average Bonchev–Trinajstić information content (AvgIpc) is 3.09. The highest BCUT2D eigenvalue weighted by Crippen LogP contribution is 2.41. The lowest BCUT2D eigenvalue weighted by Crippen LogP contribution is -2.44. The van der Waals surface area contributed by atoms with Gasteiger partial charge in [0.1, 0.15) is 6.10 Å². The van der Waals surface area contributed by atoms with Crippen LogP contribution in [-0.4, -0.2) is 31.1 Å². The molecule has 0 N–H and O–H groups in total. The van der Waals surface area contributed by atoms with Gasteiger partial charge in [-0.05, 0) is 31.5 Å². The van der Waals surface area contributed by atoms with E-state index in [2.05, 4.69) is 53.4 Å². The minimum Gasteiger partial charge on any atom is -0.342 e. The number of hydrogen-bond acceptors (Lipinski definition) is 3. The van der Waals surface area contributed by atoms with Crippen molar-refractivity contribution in [3.63, 3.8) is 0 Å². The molecule has 0 bridgehead atoms. The van der Waals surface area contributed by atoms with Crippen molar-refractivity contribution in [2.24, 2.45) is 0 Å². The van der Waals surface area contributed by atoms with Crippen molar-refractivity contribution in [3.8, 4) is 0 Å². The van der Waals surface area contributed by atoms with E-state index < -0.39 is 5.79 Å². The Morgan fingerprint density at radius 2 is 1.54 bits per heavy atom. The molecule has 4 rings (SSSR count). The lowest BCUT2D eigenvalue weighted by Gasteiger charge is -2.36. The van der Waals surface area contributed by atoms with Gasteiger partial charge in [0.15, 0.2) is 0 Å². The maximum absolute atomic E-state index is 6.56. The minimum atomic E-state index is -0.654. The molecule has 0 aliphatic carbocycles. The SMILES string of the molecule is c1ccc(C2COC(CN3CCCCC3)(c3ccccc3)O2)cc1. The van der Waals surface area contributed by atoms with Crippen LogP contribution in [0.5, 0.6) is 0 Å². The lowest BCUT2D eigenvalue weighted by molar-refractivity contribution is -0.191. The van der Waals surface area contributed by atoms with Crippen molar-refractivity contribution in [3.05, 3.63) is 71.8 Å². The molecule has 0 spiro atoms. The summed E-state index contributed by atoms with van der Waals surface area (Å²) in [7, 11) is 0. The molecule has 2 aliphatic rings. The average molecular weight is 323 g/mol. The third-order valence-corrected chi connectivity index (χ3v) is 5.07. The minimum absolute atomic E-state index is 0.00352. The van der Waals surface area contributed by atoms with Crippen LogP contribution in [0.2, 0.25) is 0 Å². The summed E-state index contributed by atoms with van der Waals surface area (Å²) < 4.78 is 12.9. The second-order valence-electron chi connectivity index (χ2n) is 6.78. The Hall–Kier alpha value is -1.68. The van der Waals surface area contributed by atoms with Gasteiger partial charge in [0, 0.05) is 5.56 Å². The van der Waals surface area contributed by atoms with E-state index in [1.807, 2.05) is 12.1 Å². The van der Waals surface area contributed by atoms with Gasteiger partial charge >= 0.3 is 0 Å². The number of ether oxygens (including phenoxy) is 2. The van der Waals surface area contributed by atoms with Gasteiger partial charge in [0.2, 0.25) is 5.79 Å². The number of hydrogen-bond donors (Lipinski definition) is 0. The van der Waals surface area contributed by atoms with Crippen molar-refractivity contribution in [1.82, 2.24) is 4.90 Å². The van der Waals surface area contributed by atoms with Gasteiger partial charge in [-0.25, -0.2) is 0 Å². The Balaban J connectivity index is 1.60. The van der Waals surface area contributed by atoms with Crippen molar-refractivity contribution in [2.75, 3.05) is 26.2 Å². The summed E-state index contributed by atoms with van der Waals surface area (Å²) in [5.41, 5.74) is 2.31. The first kappa shape index (κ1) is 15.8. The molecule has 2 saturated heterocycles. The molecule has 126 valence electrons. The zero-order chi connectivity index (χ0) is 16.2. The fourth-order valence-electron chi connectivity index (χ4n) is 3.77. The first-order chi connectivity index (χ1) is 11.9. The molecular weight excluding hydrogens is 298 g/mol. The molecule has 3 heteroatoms. The Kier molecular flexibility index (Phi) is 4.65. The molecule has 2 aromatic rings. The Bertz CT molecular complexity index is 639. The van der Waals surface area contributed by atoms with E-state index in [9.17, 15) is 0 Å². The topological polar surface area (TPSA) is 21.7 Å². The molecule has 2 fully saturated rings. The Morgan fingerprint density at radius 1 is 0.875 bits per heavy atom. The number of nitrogens with zero attached hydrogens (tertiary/aromatic N) is 1. The fourth-order valence-corrected chi connectivity index (χ4v) is 3.77. The predicted molar refractivity (Wildman–Crippen MR) is 94.6 cm³/mol. The predicted octanol–water partition coefficient (Wildman–Crippen LogP) is 4.11. The van der Waals surface area contributed by atoms with Crippen LogP contribution < -0.4 is 0 Å². The second kappa shape index (κ2) is 7.06. The molecule has 0 amide bonds. The van der Waals surface area contributed by atoms with Crippen LogP contribution in [-0.2, 0) is 15.3 Å². The summed E-state index contributed by atoms with van der Waals surface area (Å²) in [5, 5.41) is 0. The molecule has 2 unspecified atom stereocenters. The van der Waals surface area contributed by atoms with Crippen LogP contribution in [0.25, 0.3) is 0 Å². The van der Waals surface area contributed by atoms with E-state index in [4.69, 9.17) is 9.47 Å². The molecule has 0 saturated carbocycles. The van der Waals surface area contributed by atoms with Crippen molar-refractivity contribution in [1.29, 1.82) is 0 Å². The maximum Gasteiger partial charge on any atom is 0.208 e. The fraction of sp³-hybridized carbons (Fsp3) is 0.429. The van der Waals surface area contributed by atoms with Crippen molar-refractivity contribution >= 4 is 0 Å². The molecule has 0 radical (unpaired) electrons. The van der Waals surface area contributed by atoms with Gasteiger partial charge in [-0.1, -0.05) is 67.1 Å². The summed E-state index contributed by atoms with van der Waals surface area (Å²) in [6.45, 7) is 3.68. The van der Waals surface area contributed by atoms with Gasteiger partial charge in [-0.15, -0.1) is 0 Å². The first-order valence-electron chi connectivity index (χ1n) is 9.00. The summed E-state index contributed by atoms with van der Waals surface area (Å²) in [5.74, 6) is -0.654. The lowest BCUT2D eigenvalue weighted by atomic mass is 10.0. The van der Waals surface area contributed by atoms with E-state index in [0.717, 1.165) is 25.2 Å².